The number of anilines is 1. The third-order valence-electron chi connectivity index (χ3n) is 2.42. The summed E-state index contributed by atoms with van der Waals surface area (Å²) in [4.78, 5) is 0. The Hall–Kier alpha value is -1.46. The van der Waals surface area contributed by atoms with Gasteiger partial charge in [-0.2, -0.15) is 0 Å². The topological polar surface area (TPSA) is 58.0 Å². The maximum Gasteiger partial charge on any atom is 0.205 e. The average Bonchev–Trinajstić information content (AvgIpc) is 2.85. The minimum atomic E-state index is 0.0873. The van der Waals surface area contributed by atoms with Gasteiger partial charge in [0.25, 0.3) is 0 Å². The van der Waals surface area contributed by atoms with Crippen molar-refractivity contribution in [2.75, 3.05) is 5.32 Å². The standard InChI is InChI=1S/C12H15N3OS/c1-2-11-14-15-12(17-11)13-7-9-3-5-10(8-16)6-4-9/h3-6,16H,2,7-8H2,1H3,(H,13,15). The number of hydrogen-bond acceptors (Lipinski definition) is 5. The van der Waals surface area contributed by atoms with Gasteiger partial charge in [0.1, 0.15) is 5.01 Å². The molecule has 0 bridgehead atoms. The van der Waals surface area contributed by atoms with E-state index < -0.39 is 0 Å². The summed E-state index contributed by atoms with van der Waals surface area (Å²) in [5.41, 5.74) is 2.09. The summed E-state index contributed by atoms with van der Waals surface area (Å²) in [6.07, 6.45) is 0.921. The summed E-state index contributed by atoms with van der Waals surface area (Å²) >= 11 is 1.59. The molecule has 1 heterocycles. The Labute approximate surface area is 104 Å². The minimum Gasteiger partial charge on any atom is -0.392 e. The molecule has 0 radical (unpaired) electrons. The third kappa shape index (κ3) is 3.25. The van der Waals surface area contributed by atoms with E-state index in [0.29, 0.717) is 0 Å². The van der Waals surface area contributed by atoms with Crippen LogP contribution >= 0.6 is 11.3 Å². The number of nitrogens with one attached hydrogen (secondary N) is 1. The smallest absolute Gasteiger partial charge is 0.205 e. The van der Waals surface area contributed by atoms with Crippen LogP contribution in [0.1, 0.15) is 23.1 Å². The van der Waals surface area contributed by atoms with E-state index in [1.807, 2.05) is 24.3 Å². The lowest BCUT2D eigenvalue weighted by Crippen LogP contribution is -1.99. The first kappa shape index (κ1) is 12.0. The number of aliphatic hydroxyl groups is 1. The molecule has 90 valence electrons. The van der Waals surface area contributed by atoms with Gasteiger partial charge in [-0.3, -0.25) is 0 Å². The Kier molecular flexibility index (Phi) is 4.06. The van der Waals surface area contributed by atoms with Crippen molar-refractivity contribution in [2.24, 2.45) is 0 Å². The van der Waals surface area contributed by atoms with Crippen molar-refractivity contribution in [1.29, 1.82) is 0 Å². The van der Waals surface area contributed by atoms with Crippen LogP contribution in [0, 0.1) is 0 Å². The van der Waals surface area contributed by atoms with Gasteiger partial charge in [0.05, 0.1) is 6.61 Å². The van der Waals surface area contributed by atoms with Crippen LogP contribution in [0.4, 0.5) is 5.13 Å². The number of rotatable bonds is 5. The Bertz CT molecular complexity index is 467. The summed E-state index contributed by atoms with van der Waals surface area (Å²) in [5, 5.41) is 22.2. The van der Waals surface area contributed by atoms with Gasteiger partial charge < -0.3 is 10.4 Å². The normalized spacial score (nSPS) is 10.5. The second kappa shape index (κ2) is 5.75. The summed E-state index contributed by atoms with van der Waals surface area (Å²) < 4.78 is 0. The SMILES string of the molecule is CCc1nnc(NCc2ccc(CO)cc2)s1. The van der Waals surface area contributed by atoms with E-state index in [2.05, 4.69) is 22.4 Å². The summed E-state index contributed by atoms with van der Waals surface area (Å²) in [6, 6.07) is 7.85. The lowest BCUT2D eigenvalue weighted by molar-refractivity contribution is 0.282. The maximum absolute atomic E-state index is 8.93. The van der Waals surface area contributed by atoms with Crippen LogP contribution < -0.4 is 5.32 Å². The highest BCUT2D eigenvalue weighted by Crippen LogP contribution is 2.16. The average molecular weight is 249 g/mol. The molecule has 4 nitrogen and oxygen atoms in total. The first-order valence-corrected chi connectivity index (χ1v) is 6.38. The molecule has 0 saturated carbocycles. The Morgan fingerprint density at radius 3 is 2.47 bits per heavy atom. The summed E-state index contributed by atoms with van der Waals surface area (Å²) in [5.74, 6) is 0. The van der Waals surface area contributed by atoms with Crippen LogP contribution in [0.2, 0.25) is 0 Å². The summed E-state index contributed by atoms with van der Waals surface area (Å²) in [6.45, 7) is 2.88. The number of nitrogens with zero attached hydrogens (tertiary/aromatic N) is 2. The van der Waals surface area contributed by atoms with Gasteiger partial charge in [-0.1, -0.05) is 42.5 Å². The summed E-state index contributed by atoms with van der Waals surface area (Å²) in [7, 11) is 0. The Morgan fingerprint density at radius 2 is 1.88 bits per heavy atom. The van der Waals surface area contributed by atoms with Crippen molar-refractivity contribution in [2.45, 2.75) is 26.5 Å². The maximum atomic E-state index is 8.93. The van der Waals surface area contributed by atoms with Gasteiger partial charge >= 0.3 is 0 Å². The van der Waals surface area contributed by atoms with Crippen LogP contribution in [-0.4, -0.2) is 15.3 Å². The quantitative estimate of drug-likeness (QED) is 0.853. The van der Waals surface area contributed by atoms with Crippen molar-refractivity contribution in [3.05, 3.63) is 40.4 Å². The van der Waals surface area contributed by atoms with Crippen molar-refractivity contribution >= 4 is 16.5 Å². The van der Waals surface area contributed by atoms with Crippen molar-refractivity contribution in [1.82, 2.24) is 10.2 Å². The number of aliphatic hydroxyl groups excluding tert-OH is 1. The van der Waals surface area contributed by atoms with E-state index in [0.717, 1.165) is 34.2 Å². The molecular formula is C12H15N3OS. The van der Waals surface area contributed by atoms with E-state index in [1.54, 1.807) is 11.3 Å². The predicted octanol–water partition coefficient (Wildman–Crippen LogP) is 2.20. The zero-order valence-corrected chi connectivity index (χ0v) is 10.5. The molecule has 2 N–H and O–H groups in total. The highest BCUT2D eigenvalue weighted by atomic mass is 32.1. The molecule has 0 saturated heterocycles. The monoisotopic (exact) mass is 249 g/mol. The fourth-order valence-corrected chi connectivity index (χ4v) is 2.08. The molecule has 0 aliphatic rings. The molecule has 0 aliphatic carbocycles. The fourth-order valence-electron chi connectivity index (χ4n) is 1.41. The lowest BCUT2D eigenvalue weighted by Gasteiger charge is -2.03. The Morgan fingerprint density at radius 1 is 1.18 bits per heavy atom. The van der Waals surface area contributed by atoms with Gasteiger partial charge in [-0.05, 0) is 17.5 Å². The van der Waals surface area contributed by atoms with Gasteiger partial charge in [-0.15, -0.1) is 10.2 Å². The molecule has 0 unspecified atom stereocenters. The van der Waals surface area contributed by atoms with E-state index in [-0.39, 0.29) is 6.61 Å². The van der Waals surface area contributed by atoms with Crippen molar-refractivity contribution in [3.63, 3.8) is 0 Å². The van der Waals surface area contributed by atoms with E-state index in [1.165, 1.54) is 0 Å². The lowest BCUT2D eigenvalue weighted by atomic mass is 10.1. The van der Waals surface area contributed by atoms with Crippen LogP contribution in [0.5, 0.6) is 0 Å². The van der Waals surface area contributed by atoms with Crippen LogP contribution in [0.3, 0.4) is 0 Å². The number of hydrogen-bond donors (Lipinski definition) is 2. The zero-order chi connectivity index (χ0) is 12.1. The van der Waals surface area contributed by atoms with E-state index in [9.17, 15) is 0 Å². The molecule has 0 fully saturated rings. The third-order valence-corrected chi connectivity index (χ3v) is 3.44. The molecule has 0 spiro atoms. The molecule has 0 amide bonds. The first-order chi connectivity index (χ1) is 8.31. The van der Waals surface area contributed by atoms with Crippen molar-refractivity contribution < 1.29 is 5.11 Å². The van der Waals surface area contributed by atoms with Gasteiger partial charge in [-0.25, -0.2) is 0 Å². The van der Waals surface area contributed by atoms with Gasteiger partial charge in [0.2, 0.25) is 5.13 Å². The molecule has 0 aliphatic heterocycles. The fraction of sp³-hybridized carbons (Fsp3) is 0.333. The van der Waals surface area contributed by atoms with E-state index in [4.69, 9.17) is 5.11 Å². The highest BCUT2D eigenvalue weighted by Gasteiger charge is 2.01. The largest absolute Gasteiger partial charge is 0.392 e. The zero-order valence-electron chi connectivity index (χ0n) is 9.68. The number of aryl methyl sites for hydroxylation is 1. The molecule has 2 aromatic rings. The second-order valence-corrected chi connectivity index (χ2v) is 4.74. The van der Waals surface area contributed by atoms with Gasteiger partial charge in [0, 0.05) is 6.54 Å². The van der Waals surface area contributed by atoms with Gasteiger partial charge in [0.15, 0.2) is 0 Å². The first-order valence-electron chi connectivity index (χ1n) is 5.56. The second-order valence-electron chi connectivity index (χ2n) is 3.68. The molecule has 0 atom stereocenters. The van der Waals surface area contributed by atoms with Crippen LogP contribution in [0.25, 0.3) is 0 Å². The molecule has 5 heteroatoms. The number of aromatic nitrogens is 2. The minimum absolute atomic E-state index is 0.0873. The molecule has 2 rings (SSSR count). The number of benzene rings is 1. The van der Waals surface area contributed by atoms with Crippen LogP contribution in [-0.2, 0) is 19.6 Å². The predicted molar refractivity (Wildman–Crippen MR) is 69.0 cm³/mol. The highest BCUT2D eigenvalue weighted by molar-refractivity contribution is 7.15. The Balaban J connectivity index is 1.92. The van der Waals surface area contributed by atoms with E-state index >= 15 is 0 Å². The molecule has 17 heavy (non-hydrogen) atoms. The molecule has 1 aromatic heterocycles. The molecule has 1 aromatic carbocycles. The van der Waals surface area contributed by atoms with Crippen molar-refractivity contribution in [3.8, 4) is 0 Å². The van der Waals surface area contributed by atoms with Crippen LogP contribution in [0.15, 0.2) is 24.3 Å². The molecular weight excluding hydrogens is 234 g/mol.